The number of carbonyl (C=O) groups is 1. The van der Waals surface area contributed by atoms with E-state index in [2.05, 4.69) is 36.6 Å². The van der Waals surface area contributed by atoms with Crippen LogP contribution in [0.2, 0.25) is 0 Å². The predicted octanol–water partition coefficient (Wildman–Crippen LogP) is 3.60. The minimum atomic E-state index is 0.0581. The number of benzene rings is 1. The molecule has 3 nitrogen and oxygen atoms in total. The molecule has 2 N–H and O–H groups in total. The molecule has 0 aromatic heterocycles. The quantitative estimate of drug-likeness (QED) is 0.869. The van der Waals surface area contributed by atoms with Crippen molar-refractivity contribution in [1.82, 2.24) is 5.32 Å². The van der Waals surface area contributed by atoms with Crippen molar-refractivity contribution in [2.75, 3.05) is 12.4 Å². The normalized spacial score (nSPS) is 22.1. The molecule has 1 aliphatic carbocycles. The van der Waals surface area contributed by atoms with E-state index in [1.807, 2.05) is 12.1 Å². The van der Waals surface area contributed by atoms with E-state index in [-0.39, 0.29) is 5.91 Å². The zero-order chi connectivity index (χ0) is 15.2. The maximum atomic E-state index is 11.4. The maximum Gasteiger partial charge on any atom is 0.224 e. The molecule has 1 saturated carbocycles. The fraction of sp³-hybridized carbons (Fsp3) is 0.611. The molecule has 1 amide bonds. The van der Waals surface area contributed by atoms with Crippen molar-refractivity contribution in [2.45, 2.75) is 52.0 Å². The van der Waals surface area contributed by atoms with E-state index >= 15 is 0 Å². The molecule has 3 heteroatoms. The van der Waals surface area contributed by atoms with Crippen molar-refractivity contribution in [2.24, 2.45) is 11.8 Å². The lowest BCUT2D eigenvalue weighted by Gasteiger charge is -2.32. The van der Waals surface area contributed by atoms with Crippen LogP contribution in [0.15, 0.2) is 24.3 Å². The molecule has 0 saturated heterocycles. The molecule has 116 valence electrons. The Balaban J connectivity index is 1.89. The van der Waals surface area contributed by atoms with Crippen LogP contribution in [0.4, 0.5) is 5.69 Å². The summed E-state index contributed by atoms with van der Waals surface area (Å²) in [7, 11) is 1.67. The highest BCUT2D eigenvalue weighted by Gasteiger charge is 2.23. The first-order chi connectivity index (χ1) is 10.1. The molecule has 0 aliphatic heterocycles. The summed E-state index contributed by atoms with van der Waals surface area (Å²) in [4.78, 5) is 11.4. The van der Waals surface area contributed by atoms with Crippen molar-refractivity contribution < 1.29 is 4.79 Å². The smallest absolute Gasteiger partial charge is 0.224 e. The van der Waals surface area contributed by atoms with Crippen molar-refractivity contribution in [3.05, 3.63) is 29.8 Å². The van der Waals surface area contributed by atoms with Gasteiger partial charge in [0, 0.05) is 18.8 Å². The number of hydrogen-bond acceptors (Lipinski definition) is 2. The molecule has 1 aromatic carbocycles. The second-order valence-corrected chi connectivity index (χ2v) is 6.56. The van der Waals surface area contributed by atoms with Crippen molar-refractivity contribution >= 4 is 11.6 Å². The molecule has 2 unspecified atom stereocenters. The summed E-state index contributed by atoms with van der Waals surface area (Å²) in [5, 5.41) is 6.31. The van der Waals surface area contributed by atoms with Crippen LogP contribution in [0.1, 0.15) is 45.1 Å². The maximum absolute atomic E-state index is 11.4. The molecule has 2 atom stereocenters. The zero-order valence-electron chi connectivity index (χ0n) is 13.5. The lowest BCUT2D eigenvalue weighted by Crippen LogP contribution is -2.29. The Bertz CT molecular complexity index is 453. The molecule has 0 heterocycles. The summed E-state index contributed by atoms with van der Waals surface area (Å²) in [5.74, 6) is 1.69. The van der Waals surface area contributed by atoms with Crippen LogP contribution in [0, 0.1) is 11.8 Å². The van der Waals surface area contributed by atoms with E-state index in [1.165, 1.54) is 31.4 Å². The van der Waals surface area contributed by atoms with Crippen LogP contribution in [-0.2, 0) is 11.2 Å². The van der Waals surface area contributed by atoms with Gasteiger partial charge in [-0.25, -0.2) is 0 Å². The Morgan fingerprint density at radius 2 is 1.95 bits per heavy atom. The van der Waals surface area contributed by atoms with Gasteiger partial charge in [-0.2, -0.15) is 0 Å². The van der Waals surface area contributed by atoms with Crippen LogP contribution < -0.4 is 10.6 Å². The number of amides is 1. The molecule has 0 radical (unpaired) electrons. The summed E-state index contributed by atoms with van der Waals surface area (Å²) in [5.41, 5.74) is 2.23. The van der Waals surface area contributed by atoms with Crippen molar-refractivity contribution in [3.63, 3.8) is 0 Å². The molecule has 0 bridgehead atoms. The van der Waals surface area contributed by atoms with E-state index in [9.17, 15) is 4.79 Å². The predicted molar refractivity (Wildman–Crippen MR) is 88.4 cm³/mol. The summed E-state index contributed by atoms with van der Waals surface area (Å²) in [6, 6.07) is 8.87. The van der Waals surface area contributed by atoms with Gasteiger partial charge in [0.2, 0.25) is 5.91 Å². The minimum absolute atomic E-state index is 0.0581. The monoisotopic (exact) mass is 288 g/mol. The van der Waals surface area contributed by atoms with Crippen LogP contribution in [0.3, 0.4) is 0 Å². The third-order valence-corrected chi connectivity index (χ3v) is 4.63. The highest BCUT2D eigenvalue weighted by Crippen LogP contribution is 2.31. The van der Waals surface area contributed by atoms with Gasteiger partial charge in [-0.3, -0.25) is 4.79 Å². The second kappa shape index (κ2) is 7.48. The molecule has 1 aliphatic rings. The third-order valence-electron chi connectivity index (χ3n) is 4.63. The van der Waals surface area contributed by atoms with Gasteiger partial charge in [-0.1, -0.05) is 38.8 Å². The fourth-order valence-electron chi connectivity index (χ4n) is 3.19. The first kappa shape index (κ1) is 15.9. The largest absolute Gasteiger partial charge is 0.382 e. The van der Waals surface area contributed by atoms with Crippen LogP contribution in [0.25, 0.3) is 0 Å². The van der Waals surface area contributed by atoms with Gasteiger partial charge in [0.05, 0.1) is 6.42 Å². The average Bonchev–Trinajstić information content (AvgIpc) is 2.49. The fourth-order valence-corrected chi connectivity index (χ4v) is 3.19. The number of anilines is 1. The molecule has 2 rings (SSSR count). The van der Waals surface area contributed by atoms with Gasteiger partial charge in [0.1, 0.15) is 0 Å². The average molecular weight is 288 g/mol. The van der Waals surface area contributed by atoms with Crippen molar-refractivity contribution in [3.8, 4) is 0 Å². The van der Waals surface area contributed by atoms with Crippen LogP contribution in [-0.4, -0.2) is 19.0 Å². The number of rotatable bonds is 5. The Morgan fingerprint density at radius 3 is 2.57 bits per heavy atom. The Labute approximate surface area is 128 Å². The highest BCUT2D eigenvalue weighted by atomic mass is 16.1. The molecular formula is C18H28N2O. The molecule has 21 heavy (non-hydrogen) atoms. The van der Waals surface area contributed by atoms with Gasteiger partial charge in [-0.05, 0) is 42.4 Å². The first-order valence-corrected chi connectivity index (χ1v) is 8.14. The highest BCUT2D eigenvalue weighted by molar-refractivity contribution is 5.78. The molecular weight excluding hydrogens is 260 g/mol. The summed E-state index contributed by atoms with van der Waals surface area (Å²) >= 11 is 0. The van der Waals surface area contributed by atoms with Crippen LogP contribution in [0.5, 0.6) is 0 Å². The lowest BCUT2D eigenvalue weighted by molar-refractivity contribution is -0.119. The van der Waals surface area contributed by atoms with Gasteiger partial charge in [0.25, 0.3) is 0 Å². The van der Waals surface area contributed by atoms with E-state index < -0.39 is 0 Å². The van der Waals surface area contributed by atoms with Crippen molar-refractivity contribution in [1.29, 1.82) is 0 Å². The Morgan fingerprint density at radius 1 is 1.24 bits per heavy atom. The summed E-state index contributed by atoms with van der Waals surface area (Å²) in [6.07, 6.45) is 5.70. The van der Waals surface area contributed by atoms with E-state index in [4.69, 9.17) is 0 Å². The number of hydrogen-bond donors (Lipinski definition) is 2. The Hall–Kier alpha value is -1.51. The molecule has 1 aromatic rings. The number of nitrogens with one attached hydrogen (secondary N) is 2. The van der Waals surface area contributed by atoms with Gasteiger partial charge in [-0.15, -0.1) is 0 Å². The SMILES string of the molecule is CNC(=O)Cc1ccc(NC2CCCC(C(C)C)C2)cc1. The Kier molecular flexibility index (Phi) is 5.66. The minimum Gasteiger partial charge on any atom is -0.382 e. The van der Waals surface area contributed by atoms with Gasteiger partial charge < -0.3 is 10.6 Å². The second-order valence-electron chi connectivity index (χ2n) is 6.56. The zero-order valence-corrected chi connectivity index (χ0v) is 13.5. The van der Waals surface area contributed by atoms with Gasteiger partial charge in [0.15, 0.2) is 0 Å². The van der Waals surface area contributed by atoms with E-state index in [0.717, 1.165) is 17.4 Å². The molecule has 0 spiro atoms. The lowest BCUT2D eigenvalue weighted by atomic mass is 9.79. The van der Waals surface area contributed by atoms with Crippen LogP contribution >= 0.6 is 0 Å². The van der Waals surface area contributed by atoms with E-state index in [1.54, 1.807) is 7.05 Å². The third kappa shape index (κ3) is 4.76. The summed E-state index contributed by atoms with van der Waals surface area (Å²) < 4.78 is 0. The van der Waals surface area contributed by atoms with Gasteiger partial charge >= 0.3 is 0 Å². The van der Waals surface area contributed by atoms with E-state index in [0.29, 0.717) is 12.5 Å². The molecule has 1 fully saturated rings. The topological polar surface area (TPSA) is 41.1 Å². The number of likely N-dealkylation sites (N-methyl/N-ethyl adjacent to an activating group) is 1. The summed E-state index contributed by atoms with van der Waals surface area (Å²) in [6.45, 7) is 4.67. The first-order valence-electron chi connectivity index (χ1n) is 8.14. The number of carbonyl (C=O) groups excluding carboxylic acids is 1. The standard InChI is InChI=1S/C18H28N2O/c1-13(2)15-5-4-6-17(12-15)20-16-9-7-14(8-10-16)11-18(21)19-3/h7-10,13,15,17,20H,4-6,11-12H2,1-3H3,(H,19,21).